The van der Waals surface area contributed by atoms with E-state index >= 15 is 0 Å². The maximum absolute atomic E-state index is 9.74. The molecule has 0 N–H and O–H groups in total. The van der Waals surface area contributed by atoms with Gasteiger partial charge in [-0.3, -0.25) is 13.5 Å². The second-order valence-corrected chi connectivity index (χ2v) is 20.7. The highest BCUT2D eigenvalue weighted by molar-refractivity contribution is 6.09. The number of hydrogen-bond acceptors (Lipinski definition) is 2. The summed E-state index contributed by atoms with van der Waals surface area (Å²) in [5.74, 6) is 2.11. The molecule has 2 bridgehead atoms. The average molecular weight is 866 g/mol. The number of rotatable bonds is 9. The smallest absolute Gasteiger partial charge is 0.186 e. The summed E-state index contributed by atoms with van der Waals surface area (Å²) in [6, 6.07) is 60.3. The van der Waals surface area contributed by atoms with Gasteiger partial charge in [-0.2, -0.15) is 0 Å². The van der Waals surface area contributed by atoms with E-state index in [0.717, 1.165) is 95.3 Å². The van der Waals surface area contributed by atoms with Crippen LogP contribution in [0.3, 0.4) is 0 Å². The van der Waals surface area contributed by atoms with Gasteiger partial charge in [0.25, 0.3) is 0 Å². The van der Waals surface area contributed by atoms with Crippen LogP contribution >= 0.6 is 0 Å². The van der Waals surface area contributed by atoms with Crippen molar-refractivity contribution in [1.82, 2.24) is 18.5 Å². The van der Waals surface area contributed by atoms with Crippen LogP contribution in [0, 0.1) is 12.6 Å². The standard InChI is InChI=1S/C61H59N4O/c1-41(2)33-44-23-17-28-56-58(44)65(59-50(42-19-11-9-12-20-42)25-18-26-51(59)43-21-13-10-14-22-43)39-64(56,40-65)47-34-46(61(6,7)8)35-49(37-47)66-48-29-30-53-52-24-15-16-27-54(52)63(55(53)38-48)57-36-45(31-32-62-57)60(3,4)5/h9-32,34-39,41H,33,40H2,1-8H3/q+1/t64-,65-/m1/s1/i33D2. The second kappa shape index (κ2) is 15.4. The van der Waals surface area contributed by atoms with E-state index < -0.39 is 6.37 Å². The Morgan fingerprint density at radius 1 is 0.606 bits per heavy atom. The predicted octanol–water partition coefficient (Wildman–Crippen LogP) is 16.5. The first-order valence-corrected chi connectivity index (χ1v) is 23.4. The van der Waals surface area contributed by atoms with E-state index in [1.807, 2.05) is 26.1 Å². The fourth-order valence-corrected chi connectivity index (χ4v) is 10.5. The molecule has 3 aliphatic rings. The van der Waals surface area contributed by atoms with Gasteiger partial charge in [-0.15, -0.1) is 0 Å². The topological polar surface area (TPSA) is 27.1 Å². The average Bonchev–Trinajstić information content (AvgIpc) is 3.92. The number of quaternary nitrogens is 2. The maximum atomic E-state index is 9.74. The van der Waals surface area contributed by atoms with Crippen molar-refractivity contribution in [2.24, 2.45) is 5.92 Å². The molecule has 5 heterocycles. The highest BCUT2D eigenvalue weighted by atomic mass is 16.5. The fourth-order valence-electron chi connectivity index (χ4n) is 10.5. The molecule has 2 atom stereocenters. The minimum absolute atomic E-state index is 0.0360. The Kier molecular flexibility index (Phi) is 9.23. The Balaban J connectivity index is 1.10. The number of para-hydroxylation sites is 3. The molecule has 5 nitrogen and oxygen atoms in total. The molecular weight excluding hydrogens is 805 g/mol. The lowest BCUT2D eigenvalue weighted by Gasteiger charge is -2.57. The van der Waals surface area contributed by atoms with Gasteiger partial charge in [0.1, 0.15) is 28.7 Å². The molecule has 3 aliphatic heterocycles. The third-order valence-electron chi connectivity index (χ3n) is 13.7. The predicted molar refractivity (Wildman–Crippen MR) is 277 cm³/mol. The summed E-state index contributed by atoms with van der Waals surface area (Å²) in [6.45, 7) is 20.6. The van der Waals surface area contributed by atoms with Gasteiger partial charge in [0.15, 0.2) is 18.0 Å². The summed E-state index contributed by atoms with van der Waals surface area (Å²) in [6.07, 6.45) is 0.316. The fraction of sp³-hybridized carbons (Fsp3) is 0.213. The number of pyridine rings is 1. The number of aromatic nitrogens is 2. The van der Waals surface area contributed by atoms with Crippen molar-refractivity contribution in [2.45, 2.75) is 72.6 Å². The molecule has 66 heavy (non-hydrogen) atoms. The molecular formula is C61H59N4O+. The molecule has 5 heteroatoms. The van der Waals surface area contributed by atoms with Crippen LogP contribution in [0.5, 0.6) is 11.5 Å². The van der Waals surface area contributed by atoms with Crippen molar-refractivity contribution in [1.29, 1.82) is 0 Å². The minimum Gasteiger partial charge on any atom is -0.457 e. The van der Waals surface area contributed by atoms with Crippen LogP contribution in [0.15, 0.2) is 176 Å². The maximum Gasteiger partial charge on any atom is 0.186 e. The van der Waals surface area contributed by atoms with Crippen LogP contribution in [0.25, 0.3) is 49.9 Å². The van der Waals surface area contributed by atoms with Crippen LogP contribution in [0.1, 0.15) is 74.8 Å². The summed E-state index contributed by atoms with van der Waals surface area (Å²) < 4.78 is 29.7. The van der Waals surface area contributed by atoms with E-state index in [2.05, 4.69) is 217 Å². The largest absolute Gasteiger partial charge is 0.457 e. The van der Waals surface area contributed by atoms with Crippen LogP contribution in [-0.2, 0) is 17.2 Å². The molecule has 0 amide bonds. The lowest BCUT2D eigenvalue weighted by molar-refractivity contribution is 0.187. The van der Waals surface area contributed by atoms with Gasteiger partial charge in [-0.25, -0.2) is 4.98 Å². The van der Waals surface area contributed by atoms with Gasteiger partial charge in [0.2, 0.25) is 0 Å². The summed E-state index contributed by atoms with van der Waals surface area (Å²) in [4.78, 5) is 4.93. The lowest BCUT2D eigenvalue weighted by atomic mass is 9.86. The van der Waals surface area contributed by atoms with Gasteiger partial charge < -0.3 is 4.74 Å². The molecule has 1 saturated heterocycles. The lowest BCUT2D eigenvalue weighted by Crippen LogP contribution is -2.67. The highest BCUT2D eigenvalue weighted by Crippen LogP contribution is 2.69. The van der Waals surface area contributed by atoms with Crippen LogP contribution in [0.2, 0.25) is 0 Å². The highest BCUT2D eigenvalue weighted by Gasteiger charge is 2.65. The Labute approximate surface area is 393 Å². The number of hydrogen-bond donors (Lipinski definition) is 0. The number of nitrogens with zero attached hydrogens (tertiary/aromatic N) is 4. The second-order valence-electron chi connectivity index (χ2n) is 20.7. The van der Waals surface area contributed by atoms with Gasteiger partial charge >= 0.3 is 0 Å². The molecule has 1 fully saturated rings. The third-order valence-corrected chi connectivity index (χ3v) is 13.7. The number of fused-ring (bicyclic) bond motifs is 3. The zero-order valence-corrected chi connectivity index (χ0v) is 39.3. The summed E-state index contributed by atoms with van der Waals surface area (Å²) in [5.41, 5.74) is 13.9. The quantitative estimate of drug-likeness (QED) is 0.107. The van der Waals surface area contributed by atoms with E-state index in [4.69, 9.17) is 9.72 Å². The van der Waals surface area contributed by atoms with Crippen molar-refractivity contribution in [2.75, 3.05) is 6.67 Å². The van der Waals surface area contributed by atoms with Crippen LogP contribution in [-0.4, -0.2) is 16.2 Å². The SMILES string of the molecule is [2H]C([2H])(c1cccc2c1[N@@+]1(c3c(-c4ccccc4)cccc3-c3ccccc3)[CH-][N@+]2(c2cc(Oc3ccc4c5ccccc5n(-c5cc(C(C)(C)C)ccn5)c4c3)cc(C(C)(C)C)c2)C1)C(C)C. The van der Waals surface area contributed by atoms with Gasteiger partial charge in [-0.05, 0) is 93.9 Å². The first-order valence-electron chi connectivity index (χ1n) is 24.4. The Hall–Kier alpha value is -6.79. The molecule has 0 saturated carbocycles. The Morgan fingerprint density at radius 3 is 1.91 bits per heavy atom. The summed E-state index contributed by atoms with van der Waals surface area (Å²) in [7, 11) is 0. The molecule has 0 aliphatic carbocycles. The van der Waals surface area contributed by atoms with E-state index in [1.54, 1.807) is 0 Å². The molecule has 2 aromatic heterocycles. The zero-order chi connectivity index (χ0) is 47.4. The Bertz CT molecular complexity index is 3350. The van der Waals surface area contributed by atoms with Crippen molar-refractivity contribution in [3.05, 3.63) is 199 Å². The monoisotopic (exact) mass is 865 g/mol. The van der Waals surface area contributed by atoms with E-state index in [9.17, 15) is 2.74 Å². The van der Waals surface area contributed by atoms with E-state index in [-0.39, 0.29) is 16.7 Å². The number of ether oxygens (including phenoxy) is 1. The normalized spacial score (nSPS) is 18.6. The van der Waals surface area contributed by atoms with Gasteiger partial charge in [0, 0.05) is 60.7 Å². The van der Waals surface area contributed by atoms with Crippen molar-refractivity contribution < 1.29 is 7.48 Å². The first-order chi connectivity index (χ1) is 32.5. The third kappa shape index (κ3) is 6.79. The summed E-state index contributed by atoms with van der Waals surface area (Å²) >= 11 is 0. The van der Waals surface area contributed by atoms with Crippen molar-refractivity contribution in [3.63, 3.8) is 0 Å². The molecule has 0 radical (unpaired) electrons. The van der Waals surface area contributed by atoms with Crippen LogP contribution < -0.4 is 13.7 Å². The molecule has 0 spiro atoms. The van der Waals surface area contributed by atoms with E-state index in [0.29, 0.717) is 15.6 Å². The minimum atomic E-state index is -1.60. The first kappa shape index (κ1) is 39.6. The molecule has 9 aromatic rings. The zero-order valence-electron chi connectivity index (χ0n) is 41.3. The van der Waals surface area contributed by atoms with Crippen molar-refractivity contribution in [3.8, 4) is 39.6 Å². The molecule has 0 unspecified atom stereocenters. The molecule has 328 valence electrons. The van der Waals surface area contributed by atoms with Gasteiger partial charge in [0.05, 0.1) is 17.7 Å². The Morgan fingerprint density at radius 2 is 1.24 bits per heavy atom. The molecule has 12 rings (SSSR count). The van der Waals surface area contributed by atoms with Crippen molar-refractivity contribution >= 4 is 44.6 Å². The van der Waals surface area contributed by atoms with E-state index in [1.165, 1.54) is 5.56 Å². The van der Waals surface area contributed by atoms with Crippen LogP contribution in [0.4, 0.5) is 22.7 Å². The van der Waals surface area contributed by atoms with Gasteiger partial charge in [-0.1, -0.05) is 152 Å². The molecule has 7 aromatic carbocycles. The number of benzene rings is 7. The summed E-state index contributed by atoms with van der Waals surface area (Å²) in [5, 5.41) is 2.30.